The van der Waals surface area contributed by atoms with Gasteiger partial charge in [-0.3, -0.25) is 0 Å². The van der Waals surface area contributed by atoms with Crippen molar-refractivity contribution in [3.8, 4) is 0 Å². The molecule has 1 unspecified atom stereocenters. The van der Waals surface area contributed by atoms with Gasteiger partial charge in [0.1, 0.15) is 0 Å². The molecule has 10 heavy (non-hydrogen) atoms. The second-order valence-electron chi connectivity index (χ2n) is 3.51. The monoisotopic (exact) mass is 142 g/mol. The van der Waals surface area contributed by atoms with Gasteiger partial charge in [-0.2, -0.15) is 0 Å². The quantitative estimate of drug-likeness (QED) is 0.552. The van der Waals surface area contributed by atoms with Crippen molar-refractivity contribution in [1.82, 2.24) is 0 Å². The van der Waals surface area contributed by atoms with Crippen molar-refractivity contribution < 1.29 is 9.47 Å². The van der Waals surface area contributed by atoms with E-state index in [4.69, 9.17) is 9.47 Å². The molecule has 0 saturated carbocycles. The Bertz CT molecular complexity index is 120. The molecule has 0 spiro atoms. The number of ether oxygens (including phenoxy) is 2. The Morgan fingerprint density at radius 1 is 1.50 bits per heavy atom. The fraction of sp³-hybridized carbons (Fsp3) is 1.00. The smallest absolute Gasteiger partial charge is 0.0817 e. The fourth-order valence-corrected chi connectivity index (χ4v) is 1.53. The van der Waals surface area contributed by atoms with Crippen molar-refractivity contribution >= 4 is 0 Å². The van der Waals surface area contributed by atoms with Crippen LogP contribution in [0.5, 0.6) is 0 Å². The molecule has 0 radical (unpaired) electrons. The predicted octanol–water partition coefficient (Wildman–Crippen LogP) is 1.20. The van der Waals surface area contributed by atoms with Gasteiger partial charge in [0.2, 0.25) is 0 Å². The largest absolute Gasteiger partial charge is 0.380 e. The molecular formula is C8H14O2. The molecule has 2 nitrogen and oxygen atoms in total. The van der Waals surface area contributed by atoms with Crippen molar-refractivity contribution in [2.24, 2.45) is 5.41 Å². The lowest BCUT2D eigenvalue weighted by Gasteiger charge is -2.40. The molecule has 0 aliphatic carbocycles. The van der Waals surface area contributed by atoms with E-state index in [1.807, 2.05) is 0 Å². The van der Waals surface area contributed by atoms with E-state index in [2.05, 4.69) is 6.92 Å². The van der Waals surface area contributed by atoms with Crippen LogP contribution in [0, 0.1) is 5.41 Å². The van der Waals surface area contributed by atoms with Gasteiger partial charge in [0.05, 0.1) is 25.9 Å². The molecule has 0 amide bonds. The Kier molecular flexibility index (Phi) is 1.46. The summed E-state index contributed by atoms with van der Waals surface area (Å²) in [5, 5.41) is 0. The standard InChI is InChI=1S/C8H14O2/c1-2-8(5-9-6-8)3-7-4-10-7/h7H,2-6H2,1H3. The zero-order chi connectivity index (χ0) is 7.03. The van der Waals surface area contributed by atoms with Gasteiger partial charge in [-0.1, -0.05) is 6.92 Å². The highest BCUT2D eigenvalue weighted by molar-refractivity contribution is 4.89. The first-order chi connectivity index (χ1) is 4.85. The first kappa shape index (κ1) is 6.62. The molecule has 2 heteroatoms. The van der Waals surface area contributed by atoms with Crippen LogP contribution in [-0.2, 0) is 9.47 Å². The van der Waals surface area contributed by atoms with Gasteiger partial charge in [-0.05, 0) is 12.8 Å². The van der Waals surface area contributed by atoms with Crippen molar-refractivity contribution in [2.75, 3.05) is 19.8 Å². The SMILES string of the molecule is CCC1(CC2CO2)COC1. The zero-order valence-electron chi connectivity index (χ0n) is 6.43. The van der Waals surface area contributed by atoms with Gasteiger partial charge >= 0.3 is 0 Å². The van der Waals surface area contributed by atoms with E-state index >= 15 is 0 Å². The molecule has 2 rings (SSSR count). The lowest BCUT2D eigenvalue weighted by atomic mass is 9.79. The van der Waals surface area contributed by atoms with Crippen LogP contribution in [0.2, 0.25) is 0 Å². The van der Waals surface area contributed by atoms with Crippen LogP contribution < -0.4 is 0 Å². The Hall–Kier alpha value is -0.0800. The third-order valence-electron chi connectivity index (χ3n) is 2.63. The maximum Gasteiger partial charge on any atom is 0.0817 e. The Labute approximate surface area is 61.5 Å². The summed E-state index contributed by atoms with van der Waals surface area (Å²) in [7, 11) is 0. The highest BCUT2D eigenvalue weighted by atomic mass is 16.6. The maximum absolute atomic E-state index is 5.20. The topological polar surface area (TPSA) is 21.8 Å². The Morgan fingerprint density at radius 3 is 2.50 bits per heavy atom. The lowest BCUT2D eigenvalue weighted by Crippen LogP contribution is -2.42. The van der Waals surface area contributed by atoms with Crippen molar-refractivity contribution in [3.05, 3.63) is 0 Å². The van der Waals surface area contributed by atoms with Gasteiger partial charge in [-0.15, -0.1) is 0 Å². The first-order valence-electron chi connectivity index (χ1n) is 4.04. The number of hydrogen-bond acceptors (Lipinski definition) is 2. The highest BCUT2D eigenvalue weighted by Crippen LogP contribution is 2.39. The molecule has 1 atom stereocenters. The molecule has 0 aromatic heterocycles. The fourth-order valence-electron chi connectivity index (χ4n) is 1.53. The van der Waals surface area contributed by atoms with Crippen LogP contribution in [0.4, 0.5) is 0 Å². The normalized spacial score (nSPS) is 35.1. The number of rotatable bonds is 3. The van der Waals surface area contributed by atoms with E-state index in [1.54, 1.807) is 0 Å². The molecule has 2 saturated heterocycles. The molecule has 0 aromatic rings. The van der Waals surface area contributed by atoms with E-state index in [-0.39, 0.29) is 0 Å². The van der Waals surface area contributed by atoms with Gasteiger partial charge in [0.15, 0.2) is 0 Å². The maximum atomic E-state index is 5.20. The summed E-state index contributed by atoms with van der Waals surface area (Å²) >= 11 is 0. The third kappa shape index (κ3) is 1.06. The van der Waals surface area contributed by atoms with Crippen LogP contribution in [0.15, 0.2) is 0 Å². The van der Waals surface area contributed by atoms with Gasteiger partial charge < -0.3 is 9.47 Å². The van der Waals surface area contributed by atoms with Crippen LogP contribution in [0.1, 0.15) is 19.8 Å². The summed E-state index contributed by atoms with van der Waals surface area (Å²) < 4.78 is 10.4. The summed E-state index contributed by atoms with van der Waals surface area (Å²) in [5.74, 6) is 0. The Balaban J connectivity index is 1.84. The van der Waals surface area contributed by atoms with Crippen molar-refractivity contribution in [3.63, 3.8) is 0 Å². The second kappa shape index (κ2) is 2.21. The average molecular weight is 142 g/mol. The summed E-state index contributed by atoms with van der Waals surface area (Å²) in [6.07, 6.45) is 3.04. The molecule has 2 aliphatic rings. The number of hydrogen-bond donors (Lipinski definition) is 0. The predicted molar refractivity (Wildman–Crippen MR) is 37.9 cm³/mol. The summed E-state index contributed by atoms with van der Waals surface area (Å²) in [6.45, 7) is 5.15. The Morgan fingerprint density at radius 2 is 2.20 bits per heavy atom. The van der Waals surface area contributed by atoms with Gasteiger partial charge in [-0.25, -0.2) is 0 Å². The van der Waals surface area contributed by atoms with E-state index in [1.165, 1.54) is 12.8 Å². The van der Waals surface area contributed by atoms with E-state index in [0.717, 1.165) is 19.8 Å². The first-order valence-corrected chi connectivity index (χ1v) is 4.04. The van der Waals surface area contributed by atoms with E-state index in [9.17, 15) is 0 Å². The molecule has 2 heterocycles. The van der Waals surface area contributed by atoms with Crippen LogP contribution >= 0.6 is 0 Å². The third-order valence-corrected chi connectivity index (χ3v) is 2.63. The van der Waals surface area contributed by atoms with Gasteiger partial charge in [0, 0.05) is 5.41 Å². The molecule has 58 valence electrons. The molecule has 0 aromatic carbocycles. The average Bonchev–Trinajstić information content (AvgIpc) is 2.62. The summed E-state index contributed by atoms with van der Waals surface area (Å²) in [4.78, 5) is 0. The number of epoxide rings is 1. The minimum Gasteiger partial charge on any atom is -0.380 e. The van der Waals surface area contributed by atoms with E-state index in [0.29, 0.717) is 11.5 Å². The van der Waals surface area contributed by atoms with Gasteiger partial charge in [0.25, 0.3) is 0 Å². The molecule has 0 bridgehead atoms. The van der Waals surface area contributed by atoms with Crippen molar-refractivity contribution in [1.29, 1.82) is 0 Å². The summed E-state index contributed by atoms with van der Waals surface area (Å²) in [6, 6.07) is 0. The minimum absolute atomic E-state index is 0.501. The lowest BCUT2D eigenvalue weighted by molar-refractivity contribution is -0.121. The van der Waals surface area contributed by atoms with Crippen LogP contribution in [-0.4, -0.2) is 25.9 Å². The molecule has 0 N–H and O–H groups in total. The van der Waals surface area contributed by atoms with Crippen LogP contribution in [0.25, 0.3) is 0 Å². The molecular weight excluding hydrogens is 128 g/mol. The van der Waals surface area contributed by atoms with Crippen molar-refractivity contribution in [2.45, 2.75) is 25.9 Å². The van der Waals surface area contributed by atoms with E-state index < -0.39 is 0 Å². The highest BCUT2D eigenvalue weighted by Gasteiger charge is 2.42. The minimum atomic E-state index is 0.501. The zero-order valence-corrected chi connectivity index (χ0v) is 6.43. The second-order valence-corrected chi connectivity index (χ2v) is 3.51. The molecule has 2 fully saturated rings. The molecule has 2 aliphatic heterocycles. The summed E-state index contributed by atoms with van der Waals surface area (Å²) in [5.41, 5.74) is 0.501. The van der Waals surface area contributed by atoms with Crippen LogP contribution in [0.3, 0.4) is 0 Å².